The number of carbonyl (C=O) groups excluding carboxylic acids is 1. The second kappa shape index (κ2) is 6.67. The summed E-state index contributed by atoms with van der Waals surface area (Å²) >= 11 is 0. The van der Waals surface area contributed by atoms with E-state index in [0.717, 1.165) is 12.1 Å². The quantitative estimate of drug-likeness (QED) is 0.874. The van der Waals surface area contributed by atoms with E-state index in [1.165, 1.54) is 6.07 Å². The van der Waals surface area contributed by atoms with Gasteiger partial charge in [0.15, 0.2) is 0 Å². The third-order valence-corrected chi connectivity index (χ3v) is 3.16. The maximum atomic E-state index is 13.7. The average Bonchev–Trinajstić information content (AvgIpc) is 2.37. The Hall–Kier alpha value is -1.95. The number of hydrogen-bond acceptors (Lipinski definition) is 3. The molecule has 1 aromatic rings. The fourth-order valence-electron chi connectivity index (χ4n) is 1.86. The van der Waals surface area contributed by atoms with Crippen LogP contribution in [0, 0.1) is 11.2 Å². The summed E-state index contributed by atoms with van der Waals surface area (Å²) in [4.78, 5) is 22.7. The van der Waals surface area contributed by atoms with Crippen LogP contribution in [-0.4, -0.2) is 36.7 Å². The first-order valence-electron chi connectivity index (χ1n) is 6.50. The molecule has 0 radical (unpaired) electrons. The Morgan fingerprint density at radius 2 is 2.00 bits per heavy atom. The van der Waals surface area contributed by atoms with Crippen molar-refractivity contribution < 1.29 is 23.8 Å². The molecule has 0 aliphatic rings. The van der Waals surface area contributed by atoms with Crippen molar-refractivity contribution in [2.24, 2.45) is 5.41 Å². The number of carbonyl (C=O) groups is 2. The highest BCUT2D eigenvalue weighted by Gasteiger charge is 2.25. The number of aromatic carboxylic acids is 1. The molecule has 1 rings (SSSR count). The first-order valence-corrected chi connectivity index (χ1v) is 6.50. The monoisotopic (exact) mass is 297 g/mol. The van der Waals surface area contributed by atoms with Gasteiger partial charge in [-0.3, -0.25) is 4.79 Å². The number of rotatable bonds is 5. The van der Waals surface area contributed by atoms with Crippen LogP contribution in [0.2, 0.25) is 0 Å². The molecule has 0 aromatic heterocycles. The van der Waals surface area contributed by atoms with E-state index in [9.17, 15) is 14.0 Å². The van der Waals surface area contributed by atoms with E-state index in [4.69, 9.17) is 9.84 Å². The Morgan fingerprint density at radius 3 is 2.43 bits per heavy atom. The molecular weight excluding hydrogens is 277 g/mol. The minimum absolute atomic E-state index is 0.173. The van der Waals surface area contributed by atoms with E-state index < -0.39 is 17.7 Å². The number of carboxylic acids is 1. The zero-order chi connectivity index (χ0) is 16.2. The van der Waals surface area contributed by atoms with Crippen LogP contribution >= 0.6 is 0 Å². The normalized spacial score (nSPS) is 12.8. The summed E-state index contributed by atoms with van der Waals surface area (Å²) < 4.78 is 19.0. The molecule has 6 heteroatoms. The first-order chi connectivity index (χ1) is 9.66. The summed E-state index contributed by atoms with van der Waals surface area (Å²) in [7, 11) is 1.55. The molecule has 0 spiro atoms. The molecule has 1 aromatic carbocycles. The van der Waals surface area contributed by atoms with Gasteiger partial charge in [-0.15, -0.1) is 0 Å². The largest absolute Gasteiger partial charge is 0.478 e. The maximum absolute atomic E-state index is 13.7. The fourth-order valence-corrected chi connectivity index (χ4v) is 1.86. The fraction of sp³-hybridized carbons (Fsp3) is 0.467. The molecule has 0 saturated heterocycles. The van der Waals surface area contributed by atoms with Crippen LogP contribution in [0.1, 0.15) is 41.5 Å². The smallest absolute Gasteiger partial charge is 0.335 e. The Kier molecular flexibility index (Phi) is 5.43. The Balaban J connectivity index is 2.79. The van der Waals surface area contributed by atoms with Crippen molar-refractivity contribution in [3.63, 3.8) is 0 Å². The Morgan fingerprint density at radius 1 is 1.38 bits per heavy atom. The van der Waals surface area contributed by atoms with Crippen molar-refractivity contribution in [3.05, 3.63) is 35.1 Å². The third kappa shape index (κ3) is 4.53. The minimum atomic E-state index is -1.24. The molecule has 0 saturated carbocycles. The van der Waals surface area contributed by atoms with Gasteiger partial charge in [0.1, 0.15) is 5.82 Å². The van der Waals surface area contributed by atoms with Gasteiger partial charge in [-0.25, -0.2) is 9.18 Å². The number of benzene rings is 1. The SMILES string of the molecule is CO[C@@H](CNC(=O)c1ccc(C(=O)O)cc1F)C(C)(C)C. The average molecular weight is 297 g/mol. The van der Waals surface area contributed by atoms with Crippen LogP contribution < -0.4 is 5.32 Å². The molecule has 5 nitrogen and oxygen atoms in total. The first kappa shape index (κ1) is 17.1. The summed E-state index contributed by atoms with van der Waals surface area (Å²) in [5.41, 5.74) is -0.564. The highest BCUT2D eigenvalue weighted by molar-refractivity contribution is 5.96. The number of halogens is 1. The Bertz CT molecular complexity index is 537. The molecular formula is C15H20FNO4. The lowest BCUT2D eigenvalue weighted by Gasteiger charge is -2.29. The molecule has 0 unspecified atom stereocenters. The summed E-state index contributed by atoms with van der Waals surface area (Å²) in [5.74, 6) is -2.71. The van der Waals surface area contributed by atoms with Crippen molar-refractivity contribution in [1.29, 1.82) is 0 Å². The number of amides is 1. The lowest BCUT2D eigenvalue weighted by Crippen LogP contribution is -2.40. The van der Waals surface area contributed by atoms with Gasteiger partial charge in [0.2, 0.25) is 0 Å². The molecule has 0 fully saturated rings. The van der Waals surface area contributed by atoms with Crippen molar-refractivity contribution in [2.45, 2.75) is 26.9 Å². The predicted molar refractivity (Wildman–Crippen MR) is 75.9 cm³/mol. The second-order valence-electron chi connectivity index (χ2n) is 5.80. The zero-order valence-corrected chi connectivity index (χ0v) is 12.6. The van der Waals surface area contributed by atoms with Crippen molar-refractivity contribution in [1.82, 2.24) is 5.32 Å². The van der Waals surface area contributed by atoms with Crippen LogP contribution in [0.25, 0.3) is 0 Å². The zero-order valence-electron chi connectivity index (χ0n) is 12.6. The van der Waals surface area contributed by atoms with Crippen LogP contribution in [0.4, 0.5) is 4.39 Å². The number of methoxy groups -OCH3 is 1. The van der Waals surface area contributed by atoms with E-state index in [0.29, 0.717) is 0 Å². The number of nitrogens with one attached hydrogen (secondary N) is 1. The van der Waals surface area contributed by atoms with Crippen LogP contribution in [0.15, 0.2) is 18.2 Å². The van der Waals surface area contributed by atoms with Gasteiger partial charge in [0.25, 0.3) is 5.91 Å². The van der Waals surface area contributed by atoms with Crippen molar-refractivity contribution >= 4 is 11.9 Å². The van der Waals surface area contributed by atoms with E-state index in [1.807, 2.05) is 20.8 Å². The standard InChI is InChI=1S/C15H20FNO4/c1-15(2,3)12(21-4)8-17-13(18)10-6-5-9(14(19)20)7-11(10)16/h5-7,12H,8H2,1-4H3,(H,17,18)(H,19,20)/t12-/m0/s1. The molecule has 116 valence electrons. The van der Waals surface area contributed by atoms with E-state index in [1.54, 1.807) is 7.11 Å². The van der Waals surface area contributed by atoms with Gasteiger partial charge < -0.3 is 15.2 Å². The molecule has 2 N–H and O–H groups in total. The highest BCUT2D eigenvalue weighted by Crippen LogP contribution is 2.21. The van der Waals surface area contributed by atoms with E-state index in [-0.39, 0.29) is 29.2 Å². The summed E-state index contributed by atoms with van der Waals surface area (Å²) in [6.45, 7) is 6.14. The molecule has 1 amide bonds. The second-order valence-corrected chi connectivity index (χ2v) is 5.80. The topological polar surface area (TPSA) is 75.6 Å². The van der Waals surface area contributed by atoms with Gasteiger partial charge in [-0.1, -0.05) is 20.8 Å². The van der Waals surface area contributed by atoms with Gasteiger partial charge in [-0.05, 0) is 23.6 Å². The third-order valence-electron chi connectivity index (χ3n) is 3.16. The molecule has 0 aliphatic carbocycles. The van der Waals surface area contributed by atoms with Crippen LogP contribution in [0.3, 0.4) is 0 Å². The summed E-state index contributed by atoms with van der Waals surface area (Å²) in [6, 6.07) is 3.18. The van der Waals surface area contributed by atoms with Crippen molar-refractivity contribution in [3.8, 4) is 0 Å². The maximum Gasteiger partial charge on any atom is 0.335 e. The van der Waals surface area contributed by atoms with E-state index in [2.05, 4.69) is 5.32 Å². The number of carboxylic acid groups (broad SMARTS) is 1. The van der Waals surface area contributed by atoms with Crippen molar-refractivity contribution in [2.75, 3.05) is 13.7 Å². The highest BCUT2D eigenvalue weighted by atomic mass is 19.1. The summed E-state index contributed by atoms with van der Waals surface area (Å²) in [5, 5.41) is 11.3. The minimum Gasteiger partial charge on any atom is -0.478 e. The molecule has 0 bridgehead atoms. The molecule has 0 aliphatic heterocycles. The Labute approximate surface area is 123 Å². The lowest BCUT2D eigenvalue weighted by atomic mass is 9.89. The van der Waals surface area contributed by atoms with E-state index >= 15 is 0 Å². The van der Waals surface area contributed by atoms with Crippen LogP contribution in [0.5, 0.6) is 0 Å². The van der Waals surface area contributed by atoms with Gasteiger partial charge in [-0.2, -0.15) is 0 Å². The number of hydrogen-bond donors (Lipinski definition) is 2. The lowest BCUT2D eigenvalue weighted by molar-refractivity contribution is 0.0175. The van der Waals surface area contributed by atoms with Gasteiger partial charge in [0.05, 0.1) is 17.2 Å². The summed E-state index contributed by atoms with van der Waals surface area (Å²) in [6.07, 6.45) is -0.220. The number of ether oxygens (including phenoxy) is 1. The molecule has 21 heavy (non-hydrogen) atoms. The van der Waals surface area contributed by atoms with Gasteiger partial charge >= 0.3 is 5.97 Å². The molecule has 0 heterocycles. The van der Waals surface area contributed by atoms with Crippen LogP contribution in [-0.2, 0) is 4.74 Å². The predicted octanol–water partition coefficient (Wildman–Crippen LogP) is 2.31. The molecule has 1 atom stereocenters. The van der Waals surface area contributed by atoms with Gasteiger partial charge in [0, 0.05) is 13.7 Å².